The highest BCUT2D eigenvalue weighted by atomic mass is 16.2. The molecule has 0 spiro atoms. The Bertz CT molecular complexity index is 593. The van der Waals surface area contributed by atoms with Gasteiger partial charge in [-0.1, -0.05) is 36.9 Å². The van der Waals surface area contributed by atoms with Crippen molar-refractivity contribution in [2.24, 2.45) is 0 Å². The van der Waals surface area contributed by atoms with E-state index in [1.807, 2.05) is 6.07 Å². The number of hydrogen-bond donors (Lipinski definition) is 1. The zero-order valence-corrected chi connectivity index (χ0v) is 13.5. The van der Waals surface area contributed by atoms with E-state index in [-0.39, 0.29) is 23.3 Å². The number of carbonyl (C=O) groups excluding carboxylic acids is 2. The molecule has 2 fully saturated rings. The molecule has 1 aromatic rings. The Kier molecular flexibility index (Phi) is 4.51. The maximum Gasteiger partial charge on any atom is 0.246 e. The average Bonchev–Trinajstić information content (AvgIpc) is 3.25. The van der Waals surface area contributed by atoms with Crippen molar-refractivity contribution in [1.29, 1.82) is 0 Å². The lowest BCUT2D eigenvalue weighted by Gasteiger charge is -2.23. The van der Waals surface area contributed by atoms with Gasteiger partial charge in [0.1, 0.15) is 0 Å². The molecule has 1 heterocycles. The lowest BCUT2D eigenvalue weighted by atomic mass is 9.96. The van der Waals surface area contributed by atoms with Gasteiger partial charge in [0.2, 0.25) is 11.8 Å². The van der Waals surface area contributed by atoms with Gasteiger partial charge in [-0.2, -0.15) is 0 Å². The molecular formula is C19H24N2O2. The fourth-order valence-corrected chi connectivity index (χ4v) is 3.52. The molecule has 2 amide bonds. The van der Waals surface area contributed by atoms with Crippen molar-refractivity contribution >= 4 is 11.8 Å². The normalized spacial score (nSPS) is 21.7. The Hall–Kier alpha value is -2.10. The summed E-state index contributed by atoms with van der Waals surface area (Å²) in [5.41, 5.74) is 1.44. The monoisotopic (exact) mass is 312 g/mol. The number of hydrogen-bond acceptors (Lipinski definition) is 2. The van der Waals surface area contributed by atoms with E-state index < -0.39 is 0 Å². The third-order valence-electron chi connectivity index (χ3n) is 5.12. The van der Waals surface area contributed by atoms with Gasteiger partial charge in [0.05, 0.1) is 0 Å². The largest absolute Gasteiger partial charge is 0.355 e. The minimum Gasteiger partial charge on any atom is -0.355 e. The predicted octanol–water partition coefficient (Wildman–Crippen LogP) is 2.40. The minimum atomic E-state index is -0.0664. The molecule has 122 valence electrons. The second-order valence-electron chi connectivity index (χ2n) is 6.66. The third kappa shape index (κ3) is 3.46. The minimum absolute atomic E-state index is 0.0207. The number of benzene rings is 1. The molecule has 1 saturated carbocycles. The summed E-state index contributed by atoms with van der Waals surface area (Å²) in [6.45, 7) is 4.96. The second kappa shape index (κ2) is 6.57. The van der Waals surface area contributed by atoms with Gasteiger partial charge in [-0.15, -0.1) is 0 Å². The van der Waals surface area contributed by atoms with E-state index >= 15 is 0 Å². The molecule has 1 saturated heterocycles. The summed E-state index contributed by atoms with van der Waals surface area (Å²) in [6, 6.07) is 10.4. The SMILES string of the molecule is C=CC(=O)N1CCC[C@@H]1CC(=O)NCC1(c2ccccc2)CC1. The molecule has 4 nitrogen and oxygen atoms in total. The van der Waals surface area contributed by atoms with Crippen LogP contribution in [0.5, 0.6) is 0 Å². The summed E-state index contributed by atoms with van der Waals surface area (Å²) >= 11 is 0. The smallest absolute Gasteiger partial charge is 0.246 e. The van der Waals surface area contributed by atoms with E-state index in [9.17, 15) is 9.59 Å². The van der Waals surface area contributed by atoms with Crippen LogP contribution in [0, 0.1) is 0 Å². The first-order chi connectivity index (χ1) is 11.1. The summed E-state index contributed by atoms with van der Waals surface area (Å²) in [5.74, 6) is -0.0239. The molecule has 1 aliphatic carbocycles. The zero-order chi connectivity index (χ0) is 16.3. The zero-order valence-electron chi connectivity index (χ0n) is 13.5. The molecular weight excluding hydrogens is 288 g/mol. The van der Waals surface area contributed by atoms with Gasteiger partial charge in [-0.25, -0.2) is 0 Å². The van der Waals surface area contributed by atoms with Crippen LogP contribution in [0.1, 0.15) is 37.7 Å². The summed E-state index contributed by atoms with van der Waals surface area (Å²) < 4.78 is 0. The number of rotatable bonds is 6. The number of carbonyl (C=O) groups is 2. The van der Waals surface area contributed by atoms with Gasteiger partial charge in [0.15, 0.2) is 0 Å². The number of likely N-dealkylation sites (tertiary alicyclic amines) is 1. The van der Waals surface area contributed by atoms with Crippen molar-refractivity contribution in [2.75, 3.05) is 13.1 Å². The molecule has 0 radical (unpaired) electrons. The highest BCUT2D eigenvalue weighted by Crippen LogP contribution is 2.47. The van der Waals surface area contributed by atoms with Crippen molar-refractivity contribution in [3.05, 3.63) is 48.6 Å². The number of nitrogens with zero attached hydrogens (tertiary/aromatic N) is 1. The Morgan fingerprint density at radius 2 is 2.04 bits per heavy atom. The first-order valence-corrected chi connectivity index (χ1v) is 8.40. The Balaban J connectivity index is 1.52. The Morgan fingerprint density at radius 1 is 1.30 bits per heavy atom. The van der Waals surface area contributed by atoms with Gasteiger partial charge < -0.3 is 10.2 Å². The molecule has 1 aromatic carbocycles. The highest BCUT2D eigenvalue weighted by molar-refractivity contribution is 5.88. The van der Waals surface area contributed by atoms with Crippen LogP contribution in [0.3, 0.4) is 0 Å². The average molecular weight is 312 g/mol. The molecule has 2 aliphatic rings. The van der Waals surface area contributed by atoms with Crippen molar-refractivity contribution in [2.45, 2.75) is 43.6 Å². The summed E-state index contributed by atoms with van der Waals surface area (Å²) in [7, 11) is 0. The van der Waals surface area contributed by atoms with E-state index in [2.05, 4.69) is 36.2 Å². The van der Waals surface area contributed by atoms with Crippen LogP contribution in [0.4, 0.5) is 0 Å². The molecule has 4 heteroatoms. The molecule has 1 atom stereocenters. The third-order valence-corrected chi connectivity index (χ3v) is 5.12. The number of nitrogens with one attached hydrogen (secondary N) is 1. The highest BCUT2D eigenvalue weighted by Gasteiger charge is 2.44. The molecule has 0 bridgehead atoms. The lowest BCUT2D eigenvalue weighted by molar-refractivity contribution is -0.128. The second-order valence-corrected chi connectivity index (χ2v) is 6.66. The Labute approximate surface area is 137 Å². The van der Waals surface area contributed by atoms with Crippen LogP contribution in [0.2, 0.25) is 0 Å². The quantitative estimate of drug-likeness (QED) is 0.820. The summed E-state index contributed by atoms with van der Waals surface area (Å²) in [6.07, 6.45) is 5.85. The van der Waals surface area contributed by atoms with Crippen molar-refractivity contribution in [1.82, 2.24) is 10.2 Å². The van der Waals surface area contributed by atoms with Gasteiger partial charge in [-0.05, 0) is 37.3 Å². The van der Waals surface area contributed by atoms with E-state index in [0.29, 0.717) is 13.0 Å². The van der Waals surface area contributed by atoms with Crippen LogP contribution in [-0.4, -0.2) is 35.8 Å². The summed E-state index contributed by atoms with van der Waals surface area (Å²) in [4.78, 5) is 25.9. The van der Waals surface area contributed by atoms with Crippen LogP contribution >= 0.6 is 0 Å². The van der Waals surface area contributed by atoms with Crippen molar-refractivity contribution in [3.8, 4) is 0 Å². The van der Waals surface area contributed by atoms with E-state index in [1.54, 1.807) is 4.90 Å². The topological polar surface area (TPSA) is 49.4 Å². The Morgan fingerprint density at radius 3 is 2.70 bits per heavy atom. The molecule has 1 aliphatic heterocycles. The van der Waals surface area contributed by atoms with E-state index in [1.165, 1.54) is 11.6 Å². The van der Waals surface area contributed by atoms with E-state index in [4.69, 9.17) is 0 Å². The van der Waals surface area contributed by atoms with Crippen LogP contribution in [0.15, 0.2) is 43.0 Å². The van der Waals surface area contributed by atoms with Gasteiger partial charge in [0, 0.05) is 31.0 Å². The molecule has 0 unspecified atom stereocenters. The molecule has 0 aromatic heterocycles. The fourth-order valence-electron chi connectivity index (χ4n) is 3.52. The molecule has 1 N–H and O–H groups in total. The first kappa shape index (κ1) is 15.8. The first-order valence-electron chi connectivity index (χ1n) is 8.40. The van der Waals surface area contributed by atoms with Gasteiger partial charge in [-0.3, -0.25) is 9.59 Å². The fraction of sp³-hybridized carbons (Fsp3) is 0.474. The summed E-state index contributed by atoms with van der Waals surface area (Å²) in [5, 5.41) is 3.09. The molecule has 3 rings (SSSR count). The van der Waals surface area contributed by atoms with Gasteiger partial charge in [0.25, 0.3) is 0 Å². The van der Waals surface area contributed by atoms with Crippen LogP contribution < -0.4 is 5.32 Å². The van der Waals surface area contributed by atoms with Crippen molar-refractivity contribution in [3.63, 3.8) is 0 Å². The van der Waals surface area contributed by atoms with E-state index in [0.717, 1.165) is 32.2 Å². The van der Waals surface area contributed by atoms with Gasteiger partial charge >= 0.3 is 0 Å². The maximum atomic E-state index is 12.3. The van der Waals surface area contributed by atoms with Crippen LogP contribution in [0.25, 0.3) is 0 Å². The standard InChI is InChI=1S/C19H24N2O2/c1-2-18(23)21-12-6-9-16(21)13-17(22)20-14-19(10-11-19)15-7-4-3-5-8-15/h2-5,7-8,16H,1,6,9-14H2,(H,20,22)/t16-/m1/s1. The van der Waals surface area contributed by atoms with Crippen LogP contribution in [-0.2, 0) is 15.0 Å². The van der Waals surface area contributed by atoms with Crippen molar-refractivity contribution < 1.29 is 9.59 Å². The molecule has 23 heavy (non-hydrogen) atoms. The lowest BCUT2D eigenvalue weighted by Crippen LogP contribution is -2.40. The number of amides is 2. The maximum absolute atomic E-state index is 12.3. The predicted molar refractivity (Wildman–Crippen MR) is 89.9 cm³/mol.